The van der Waals surface area contributed by atoms with Crippen molar-refractivity contribution >= 4 is 22.6 Å². The Hall–Kier alpha value is -3.93. The third-order valence-corrected chi connectivity index (χ3v) is 6.33. The Bertz CT molecular complexity index is 1460. The highest BCUT2D eigenvalue weighted by molar-refractivity contribution is 6.10. The van der Waals surface area contributed by atoms with Gasteiger partial charge in [0.2, 0.25) is 5.76 Å². The van der Waals surface area contributed by atoms with Crippen molar-refractivity contribution in [1.82, 2.24) is 0 Å². The number of halogens is 1. The van der Waals surface area contributed by atoms with Gasteiger partial charge in [-0.1, -0.05) is 49.6 Å². The molecule has 0 fully saturated rings. The van der Waals surface area contributed by atoms with Crippen LogP contribution in [-0.2, 0) is 0 Å². The van der Waals surface area contributed by atoms with Gasteiger partial charge in [0.25, 0.3) is 5.91 Å². The lowest BCUT2D eigenvalue weighted by Gasteiger charge is -2.25. The van der Waals surface area contributed by atoms with Gasteiger partial charge >= 0.3 is 0 Å². The Labute approximate surface area is 202 Å². The molecule has 6 heteroatoms. The van der Waals surface area contributed by atoms with E-state index in [9.17, 15) is 14.0 Å². The first-order valence-corrected chi connectivity index (χ1v) is 11.9. The second kappa shape index (κ2) is 9.37. The Morgan fingerprint density at radius 1 is 1.00 bits per heavy atom. The predicted molar refractivity (Wildman–Crippen MR) is 134 cm³/mol. The van der Waals surface area contributed by atoms with Crippen LogP contribution in [0.5, 0.6) is 5.75 Å². The summed E-state index contributed by atoms with van der Waals surface area (Å²) in [5, 5.41) is 0.110. The average molecular weight is 472 g/mol. The molecule has 0 saturated carbocycles. The number of hydrogen-bond donors (Lipinski definition) is 0. The van der Waals surface area contributed by atoms with Gasteiger partial charge in [0, 0.05) is 5.69 Å². The molecule has 0 bridgehead atoms. The van der Waals surface area contributed by atoms with Crippen LogP contribution in [0.3, 0.4) is 0 Å². The topological polar surface area (TPSA) is 59.8 Å². The van der Waals surface area contributed by atoms with E-state index in [1.54, 1.807) is 4.90 Å². The molecule has 0 N–H and O–H groups in total. The molecule has 0 spiro atoms. The van der Waals surface area contributed by atoms with Crippen LogP contribution in [0.25, 0.3) is 11.0 Å². The summed E-state index contributed by atoms with van der Waals surface area (Å²) in [5.74, 6) is -0.302. The normalized spacial score (nSPS) is 15.0. The molecule has 1 aliphatic rings. The lowest BCUT2D eigenvalue weighted by molar-refractivity contribution is 0.0971. The molecular weight excluding hydrogens is 445 g/mol. The van der Waals surface area contributed by atoms with Crippen LogP contribution in [0.4, 0.5) is 10.1 Å². The summed E-state index contributed by atoms with van der Waals surface area (Å²) < 4.78 is 25.9. The van der Waals surface area contributed by atoms with Gasteiger partial charge in [0.05, 0.1) is 23.6 Å². The van der Waals surface area contributed by atoms with Crippen molar-refractivity contribution in [3.05, 3.63) is 105 Å². The maximum absolute atomic E-state index is 14.0. The summed E-state index contributed by atoms with van der Waals surface area (Å²) in [6.45, 7) is 4.69. The molecule has 1 atom stereocenters. The van der Waals surface area contributed by atoms with E-state index in [1.165, 1.54) is 12.1 Å². The summed E-state index contributed by atoms with van der Waals surface area (Å²) >= 11 is 0. The number of nitrogens with zero attached hydrogens (tertiary/aromatic N) is 1. The van der Waals surface area contributed by atoms with Gasteiger partial charge in [-0.3, -0.25) is 14.5 Å². The minimum Gasteiger partial charge on any atom is -0.494 e. The quantitative estimate of drug-likeness (QED) is 0.287. The Morgan fingerprint density at radius 3 is 2.57 bits per heavy atom. The second-order valence-corrected chi connectivity index (χ2v) is 8.86. The van der Waals surface area contributed by atoms with Crippen LogP contribution >= 0.6 is 0 Å². The molecule has 1 unspecified atom stereocenters. The van der Waals surface area contributed by atoms with Gasteiger partial charge in [0.1, 0.15) is 17.1 Å². The number of carbonyl (C=O) groups is 1. The minimum atomic E-state index is -0.733. The highest BCUT2D eigenvalue weighted by atomic mass is 19.1. The van der Waals surface area contributed by atoms with Crippen molar-refractivity contribution in [1.29, 1.82) is 0 Å². The fourth-order valence-corrected chi connectivity index (χ4v) is 4.55. The third-order valence-electron chi connectivity index (χ3n) is 6.33. The van der Waals surface area contributed by atoms with E-state index in [4.69, 9.17) is 9.15 Å². The van der Waals surface area contributed by atoms with Gasteiger partial charge in [-0.15, -0.1) is 0 Å². The summed E-state index contributed by atoms with van der Waals surface area (Å²) in [4.78, 5) is 28.8. The van der Waals surface area contributed by atoms with Crippen molar-refractivity contribution in [3.8, 4) is 5.75 Å². The van der Waals surface area contributed by atoms with E-state index in [1.807, 2.05) is 55.5 Å². The van der Waals surface area contributed by atoms with E-state index in [-0.39, 0.29) is 22.3 Å². The van der Waals surface area contributed by atoms with Gasteiger partial charge in [-0.05, 0) is 61.4 Å². The van der Waals surface area contributed by atoms with Crippen LogP contribution in [-0.4, -0.2) is 12.5 Å². The van der Waals surface area contributed by atoms with E-state index in [0.717, 1.165) is 30.9 Å². The smallest absolute Gasteiger partial charge is 0.295 e. The standard InChI is InChI=1S/C29H26FNO4/c1-3-4-5-15-34-22-8-6-7-19(16-22)26-25-27(32)23-17-20(30)11-14-24(23)35-28(25)29(33)31(26)21-12-9-18(2)10-13-21/h6-14,16-17,26H,3-5,15H2,1-2H3. The predicted octanol–water partition coefficient (Wildman–Crippen LogP) is 6.56. The lowest BCUT2D eigenvalue weighted by atomic mass is 9.98. The zero-order valence-electron chi connectivity index (χ0n) is 19.7. The number of unbranched alkanes of at least 4 members (excludes halogenated alkanes) is 2. The number of aryl methyl sites for hydroxylation is 1. The summed E-state index contributed by atoms with van der Waals surface area (Å²) in [6.07, 6.45) is 3.12. The van der Waals surface area contributed by atoms with Crippen molar-refractivity contribution in [2.24, 2.45) is 0 Å². The highest BCUT2D eigenvalue weighted by Crippen LogP contribution is 2.42. The van der Waals surface area contributed by atoms with Gasteiger partial charge < -0.3 is 9.15 Å². The average Bonchev–Trinajstić information content (AvgIpc) is 3.15. The van der Waals surface area contributed by atoms with Gasteiger partial charge in [0.15, 0.2) is 5.43 Å². The van der Waals surface area contributed by atoms with Crippen LogP contribution in [0.15, 0.2) is 75.9 Å². The number of hydrogen-bond acceptors (Lipinski definition) is 4. The number of benzene rings is 3. The fraction of sp³-hybridized carbons (Fsp3) is 0.241. The molecular formula is C29H26FNO4. The molecule has 5 nitrogen and oxygen atoms in total. The molecule has 0 aliphatic carbocycles. The monoisotopic (exact) mass is 471 g/mol. The number of ether oxygens (including phenoxy) is 1. The van der Waals surface area contributed by atoms with Crippen LogP contribution < -0.4 is 15.1 Å². The molecule has 2 heterocycles. The number of anilines is 1. The number of amides is 1. The summed E-state index contributed by atoms with van der Waals surface area (Å²) in [5.41, 5.74) is 2.38. The third kappa shape index (κ3) is 4.20. The van der Waals surface area contributed by atoms with Crippen molar-refractivity contribution < 1.29 is 18.3 Å². The summed E-state index contributed by atoms with van der Waals surface area (Å²) in [6, 6.07) is 18.0. The summed E-state index contributed by atoms with van der Waals surface area (Å²) in [7, 11) is 0. The van der Waals surface area contributed by atoms with Crippen LogP contribution in [0.2, 0.25) is 0 Å². The molecule has 1 aliphatic heterocycles. The maximum Gasteiger partial charge on any atom is 0.295 e. The molecule has 3 aromatic carbocycles. The molecule has 0 radical (unpaired) electrons. The maximum atomic E-state index is 14.0. The lowest BCUT2D eigenvalue weighted by Crippen LogP contribution is -2.29. The van der Waals surface area contributed by atoms with E-state index in [0.29, 0.717) is 23.6 Å². The van der Waals surface area contributed by atoms with E-state index in [2.05, 4.69) is 6.92 Å². The number of fused-ring (bicyclic) bond motifs is 2. The zero-order chi connectivity index (χ0) is 24.5. The second-order valence-electron chi connectivity index (χ2n) is 8.86. The fourth-order valence-electron chi connectivity index (χ4n) is 4.55. The Kier molecular flexibility index (Phi) is 6.12. The highest BCUT2D eigenvalue weighted by Gasteiger charge is 2.43. The van der Waals surface area contributed by atoms with Crippen molar-refractivity contribution in [2.75, 3.05) is 11.5 Å². The molecule has 35 heavy (non-hydrogen) atoms. The zero-order valence-corrected chi connectivity index (χ0v) is 19.7. The van der Waals surface area contributed by atoms with Crippen molar-refractivity contribution in [2.45, 2.75) is 39.2 Å². The van der Waals surface area contributed by atoms with Crippen LogP contribution in [0, 0.1) is 12.7 Å². The SMILES string of the molecule is CCCCCOc1cccc(C2c3c(oc4ccc(F)cc4c3=O)C(=O)N2c2ccc(C)cc2)c1. The van der Waals surface area contributed by atoms with Gasteiger partial charge in [-0.2, -0.15) is 0 Å². The number of rotatable bonds is 7. The van der Waals surface area contributed by atoms with Crippen molar-refractivity contribution in [3.63, 3.8) is 0 Å². The molecule has 5 rings (SSSR count). The molecule has 0 saturated heterocycles. The largest absolute Gasteiger partial charge is 0.494 e. The van der Waals surface area contributed by atoms with Gasteiger partial charge in [-0.25, -0.2) is 4.39 Å². The molecule has 1 amide bonds. The molecule has 1 aromatic heterocycles. The van der Waals surface area contributed by atoms with Crippen LogP contribution in [0.1, 0.15) is 59.5 Å². The Morgan fingerprint density at radius 2 is 1.80 bits per heavy atom. The first-order valence-electron chi connectivity index (χ1n) is 11.9. The van der Waals surface area contributed by atoms with E-state index < -0.39 is 23.2 Å². The minimum absolute atomic E-state index is 0.0195. The Balaban J connectivity index is 1.67. The first-order chi connectivity index (χ1) is 17.0. The molecule has 178 valence electrons. The molecule has 4 aromatic rings. The number of carbonyl (C=O) groups excluding carboxylic acids is 1. The first kappa shape index (κ1) is 22.8. The van der Waals surface area contributed by atoms with E-state index >= 15 is 0 Å².